The number of nitrogens with zero attached hydrogens (tertiary/aromatic N) is 1. The highest BCUT2D eigenvalue weighted by Crippen LogP contribution is 2.25. The van der Waals surface area contributed by atoms with Crippen molar-refractivity contribution in [3.05, 3.63) is 60.2 Å². The lowest BCUT2D eigenvalue weighted by Crippen LogP contribution is -2.31. The Morgan fingerprint density at radius 3 is 2.42 bits per heavy atom. The van der Waals surface area contributed by atoms with Crippen molar-refractivity contribution in [2.75, 3.05) is 23.1 Å². The van der Waals surface area contributed by atoms with Crippen molar-refractivity contribution in [2.24, 2.45) is 5.92 Å². The van der Waals surface area contributed by atoms with Crippen molar-refractivity contribution in [3.8, 4) is 11.3 Å². The number of hydrogen-bond donors (Lipinski definition) is 3. The zero-order valence-corrected chi connectivity index (χ0v) is 18.3. The number of aromatic nitrogens is 1. The number of amides is 2. The molecule has 10 heteroatoms. The van der Waals surface area contributed by atoms with E-state index in [2.05, 4.69) is 21.1 Å². The van der Waals surface area contributed by atoms with Crippen LogP contribution in [0.1, 0.15) is 20.3 Å². The first kappa shape index (κ1) is 23.7. The number of halogens is 2. The molecule has 0 saturated heterocycles. The van der Waals surface area contributed by atoms with E-state index in [4.69, 9.17) is 9.26 Å². The number of hydrogen-bond acceptors (Lipinski definition) is 6. The average molecular weight is 458 g/mol. The summed E-state index contributed by atoms with van der Waals surface area (Å²) < 4.78 is 36.8. The van der Waals surface area contributed by atoms with Crippen LogP contribution in [0.2, 0.25) is 0 Å². The zero-order valence-electron chi connectivity index (χ0n) is 18.3. The van der Waals surface area contributed by atoms with Crippen molar-refractivity contribution in [3.63, 3.8) is 0 Å². The van der Waals surface area contributed by atoms with Crippen molar-refractivity contribution >= 4 is 29.3 Å². The van der Waals surface area contributed by atoms with Gasteiger partial charge in [0.2, 0.25) is 5.88 Å². The summed E-state index contributed by atoms with van der Waals surface area (Å²) in [6.45, 7) is 3.99. The Bertz CT molecular complexity index is 1120. The van der Waals surface area contributed by atoms with Crippen LogP contribution in [0.5, 0.6) is 0 Å². The van der Waals surface area contributed by atoms with E-state index >= 15 is 0 Å². The molecule has 0 fully saturated rings. The van der Waals surface area contributed by atoms with E-state index < -0.39 is 29.7 Å². The van der Waals surface area contributed by atoms with E-state index in [9.17, 15) is 18.4 Å². The van der Waals surface area contributed by atoms with Crippen LogP contribution in [-0.2, 0) is 9.53 Å². The number of nitrogens with one attached hydrogen (secondary N) is 3. The summed E-state index contributed by atoms with van der Waals surface area (Å²) in [5, 5.41) is 11.9. The lowest BCUT2D eigenvalue weighted by atomic mass is 10.0. The number of anilines is 3. The fourth-order valence-electron chi connectivity index (χ4n) is 3.08. The largest absolute Gasteiger partial charge is 0.467 e. The molecule has 3 N–H and O–H groups in total. The highest BCUT2D eigenvalue weighted by molar-refractivity contribution is 5.99. The average Bonchev–Trinajstić information content (AvgIpc) is 3.23. The predicted octanol–water partition coefficient (Wildman–Crippen LogP) is 5.26. The van der Waals surface area contributed by atoms with Gasteiger partial charge in [-0.25, -0.2) is 18.4 Å². The maximum absolute atomic E-state index is 13.7. The third-order valence-electron chi connectivity index (χ3n) is 4.64. The lowest BCUT2D eigenvalue weighted by molar-refractivity contribution is -0.141. The molecular weight excluding hydrogens is 434 g/mol. The summed E-state index contributed by atoms with van der Waals surface area (Å²) in [6.07, 6.45) is 0.562. The first-order valence-electron chi connectivity index (χ1n) is 10.2. The van der Waals surface area contributed by atoms with Gasteiger partial charge < -0.3 is 25.2 Å². The number of methoxy groups -OCH3 is 1. The Balaban J connectivity index is 1.62. The van der Waals surface area contributed by atoms with Gasteiger partial charge in [0.1, 0.15) is 23.4 Å². The number of esters is 1. The molecule has 0 spiro atoms. The van der Waals surface area contributed by atoms with E-state index in [0.717, 1.165) is 12.1 Å². The first-order chi connectivity index (χ1) is 15.7. The Kier molecular flexibility index (Phi) is 7.60. The molecule has 0 radical (unpaired) electrons. The van der Waals surface area contributed by atoms with Crippen molar-refractivity contribution < 1.29 is 27.6 Å². The first-order valence-corrected chi connectivity index (χ1v) is 10.2. The molecule has 1 unspecified atom stereocenters. The summed E-state index contributed by atoms with van der Waals surface area (Å²) in [7, 11) is 1.33. The van der Waals surface area contributed by atoms with E-state index in [1.165, 1.54) is 7.11 Å². The van der Waals surface area contributed by atoms with E-state index in [1.807, 2.05) is 13.8 Å². The standard InChI is InChI=1S/C23H24F2N4O4/c1-13(2)10-20(22(30)32-3)27-21-12-19(29-33-21)14-4-7-16(8-5-14)26-23(31)28-18-9-6-15(24)11-17(18)25/h4-9,11-13,20,27H,10H2,1-3H3,(H2,26,28,31). The molecular formula is C23H24F2N4O4. The minimum absolute atomic E-state index is 0.143. The summed E-state index contributed by atoms with van der Waals surface area (Å²) >= 11 is 0. The number of ether oxygens (including phenoxy) is 1. The van der Waals surface area contributed by atoms with Crippen LogP contribution in [0.25, 0.3) is 11.3 Å². The molecule has 0 bridgehead atoms. The molecule has 3 aromatic rings. The van der Waals surface area contributed by atoms with Crippen molar-refractivity contribution in [1.82, 2.24) is 5.16 Å². The van der Waals surface area contributed by atoms with Gasteiger partial charge >= 0.3 is 12.0 Å². The van der Waals surface area contributed by atoms with Gasteiger partial charge in [0, 0.05) is 23.4 Å². The summed E-state index contributed by atoms with van der Waals surface area (Å²) in [6, 6.07) is 9.96. The molecule has 0 aliphatic rings. The van der Waals surface area contributed by atoms with Gasteiger partial charge in [-0.3, -0.25) is 0 Å². The summed E-state index contributed by atoms with van der Waals surface area (Å²) in [5.41, 5.74) is 1.54. The quantitative estimate of drug-likeness (QED) is 0.398. The molecule has 1 atom stereocenters. The van der Waals surface area contributed by atoms with Crippen LogP contribution < -0.4 is 16.0 Å². The monoisotopic (exact) mass is 458 g/mol. The fourth-order valence-corrected chi connectivity index (χ4v) is 3.08. The SMILES string of the molecule is COC(=O)C(CC(C)C)Nc1cc(-c2ccc(NC(=O)Nc3ccc(F)cc3F)cc2)no1. The minimum Gasteiger partial charge on any atom is -0.467 e. The third-order valence-corrected chi connectivity index (χ3v) is 4.64. The van der Waals surface area contributed by atoms with Crippen molar-refractivity contribution in [1.29, 1.82) is 0 Å². The van der Waals surface area contributed by atoms with Crippen LogP contribution in [0.15, 0.2) is 53.1 Å². The molecule has 174 valence electrons. The van der Waals surface area contributed by atoms with Gasteiger partial charge in [-0.05, 0) is 36.6 Å². The van der Waals surface area contributed by atoms with Crippen LogP contribution in [-0.4, -0.2) is 30.3 Å². The van der Waals surface area contributed by atoms with E-state index in [1.54, 1.807) is 30.3 Å². The van der Waals surface area contributed by atoms with Gasteiger partial charge in [-0.2, -0.15) is 0 Å². The smallest absolute Gasteiger partial charge is 0.328 e. The number of carbonyl (C=O) groups excluding carboxylic acids is 2. The number of urea groups is 1. The highest BCUT2D eigenvalue weighted by Gasteiger charge is 2.22. The second-order valence-electron chi connectivity index (χ2n) is 7.71. The molecule has 2 amide bonds. The number of benzene rings is 2. The maximum atomic E-state index is 13.7. The van der Waals surface area contributed by atoms with Crippen molar-refractivity contribution in [2.45, 2.75) is 26.3 Å². The molecule has 1 heterocycles. The van der Waals surface area contributed by atoms with E-state index in [0.29, 0.717) is 35.3 Å². The topological polar surface area (TPSA) is 105 Å². The molecule has 0 saturated carbocycles. The maximum Gasteiger partial charge on any atom is 0.328 e. The number of rotatable bonds is 8. The molecule has 0 aliphatic carbocycles. The Morgan fingerprint density at radius 2 is 1.79 bits per heavy atom. The Labute approximate surface area is 189 Å². The van der Waals surface area contributed by atoms with Gasteiger partial charge in [0.15, 0.2) is 0 Å². The Hall–Kier alpha value is -3.95. The van der Waals surface area contributed by atoms with Crippen LogP contribution in [0.3, 0.4) is 0 Å². The molecule has 1 aromatic heterocycles. The third kappa shape index (κ3) is 6.52. The van der Waals surface area contributed by atoms with Gasteiger partial charge in [-0.15, -0.1) is 0 Å². The van der Waals surface area contributed by atoms with Gasteiger partial charge in [-0.1, -0.05) is 31.1 Å². The second kappa shape index (κ2) is 10.6. The minimum atomic E-state index is -0.876. The van der Waals surface area contributed by atoms with Crippen LogP contribution >= 0.6 is 0 Å². The van der Waals surface area contributed by atoms with E-state index in [-0.39, 0.29) is 11.6 Å². The summed E-state index contributed by atoms with van der Waals surface area (Å²) in [5.74, 6) is -1.42. The second-order valence-corrected chi connectivity index (χ2v) is 7.71. The molecule has 33 heavy (non-hydrogen) atoms. The zero-order chi connectivity index (χ0) is 24.0. The summed E-state index contributed by atoms with van der Waals surface area (Å²) in [4.78, 5) is 24.1. The molecule has 8 nitrogen and oxygen atoms in total. The Morgan fingerprint density at radius 1 is 1.06 bits per heavy atom. The van der Waals surface area contributed by atoms with Crippen LogP contribution in [0.4, 0.5) is 30.8 Å². The van der Waals surface area contributed by atoms with Gasteiger partial charge in [0.25, 0.3) is 0 Å². The molecule has 2 aromatic carbocycles. The fraction of sp³-hybridized carbons (Fsp3) is 0.261. The lowest BCUT2D eigenvalue weighted by Gasteiger charge is -2.17. The number of carbonyl (C=O) groups is 2. The van der Waals surface area contributed by atoms with Crippen LogP contribution in [0, 0.1) is 17.6 Å². The molecule has 3 rings (SSSR count). The van der Waals surface area contributed by atoms with Gasteiger partial charge in [0.05, 0.1) is 12.8 Å². The molecule has 0 aliphatic heterocycles. The predicted molar refractivity (Wildman–Crippen MR) is 120 cm³/mol. The highest BCUT2D eigenvalue weighted by atomic mass is 19.1. The normalized spacial score (nSPS) is 11.7.